The highest BCUT2D eigenvalue weighted by atomic mass is 16.2. The van der Waals surface area contributed by atoms with Crippen molar-refractivity contribution >= 4 is 5.91 Å². The zero-order valence-electron chi connectivity index (χ0n) is 10.4. The summed E-state index contributed by atoms with van der Waals surface area (Å²) in [7, 11) is 0. The standard InChI is InChI=1S/C13H15N5O/c14-16-13(19)10-3-4-11(15-7-10)8-18-6-5-12(17-18)9-1-2-9/h3-7,9H,1-2,8,14H2,(H,16,19). The third-order valence-corrected chi connectivity index (χ3v) is 3.20. The molecule has 6 heteroatoms. The van der Waals surface area contributed by atoms with Gasteiger partial charge in [0.1, 0.15) is 0 Å². The molecule has 2 aromatic rings. The van der Waals surface area contributed by atoms with Gasteiger partial charge in [0.15, 0.2) is 0 Å². The van der Waals surface area contributed by atoms with Gasteiger partial charge in [-0.3, -0.25) is 19.9 Å². The highest BCUT2D eigenvalue weighted by molar-refractivity contribution is 5.93. The molecule has 0 aliphatic heterocycles. The molecule has 0 unspecified atom stereocenters. The lowest BCUT2D eigenvalue weighted by atomic mass is 10.2. The van der Waals surface area contributed by atoms with Crippen molar-refractivity contribution in [2.75, 3.05) is 0 Å². The summed E-state index contributed by atoms with van der Waals surface area (Å²) in [6, 6.07) is 5.58. The van der Waals surface area contributed by atoms with E-state index >= 15 is 0 Å². The smallest absolute Gasteiger partial charge is 0.266 e. The largest absolute Gasteiger partial charge is 0.290 e. The minimum atomic E-state index is -0.339. The minimum absolute atomic E-state index is 0.339. The monoisotopic (exact) mass is 257 g/mol. The number of nitrogens with zero attached hydrogens (tertiary/aromatic N) is 3. The summed E-state index contributed by atoms with van der Waals surface area (Å²) in [5.41, 5.74) is 4.55. The van der Waals surface area contributed by atoms with Gasteiger partial charge in [0, 0.05) is 18.3 Å². The van der Waals surface area contributed by atoms with E-state index in [4.69, 9.17) is 5.84 Å². The van der Waals surface area contributed by atoms with Gasteiger partial charge in [0.2, 0.25) is 0 Å². The fraction of sp³-hybridized carbons (Fsp3) is 0.308. The normalized spacial score (nSPS) is 14.4. The molecule has 1 fully saturated rings. The molecule has 0 spiro atoms. The number of hydrazine groups is 1. The lowest BCUT2D eigenvalue weighted by Gasteiger charge is -2.03. The van der Waals surface area contributed by atoms with Gasteiger partial charge in [-0.1, -0.05) is 0 Å². The average molecular weight is 257 g/mol. The molecule has 1 aliphatic rings. The first-order chi connectivity index (χ1) is 9.26. The molecule has 98 valence electrons. The molecule has 0 saturated heterocycles. The molecular formula is C13H15N5O. The van der Waals surface area contributed by atoms with Crippen molar-refractivity contribution in [3.8, 4) is 0 Å². The molecule has 0 bridgehead atoms. The molecule has 0 aromatic carbocycles. The van der Waals surface area contributed by atoms with Gasteiger partial charge in [-0.15, -0.1) is 0 Å². The molecule has 19 heavy (non-hydrogen) atoms. The molecule has 2 aromatic heterocycles. The summed E-state index contributed by atoms with van der Waals surface area (Å²) < 4.78 is 1.87. The fourth-order valence-corrected chi connectivity index (χ4v) is 1.96. The SMILES string of the molecule is NNC(=O)c1ccc(Cn2ccc(C3CC3)n2)nc1. The van der Waals surface area contributed by atoms with E-state index in [2.05, 4.69) is 21.6 Å². The summed E-state index contributed by atoms with van der Waals surface area (Å²) in [4.78, 5) is 15.5. The number of pyridine rings is 1. The van der Waals surface area contributed by atoms with Crippen LogP contribution in [0.4, 0.5) is 0 Å². The van der Waals surface area contributed by atoms with Crippen molar-refractivity contribution in [1.82, 2.24) is 20.2 Å². The third-order valence-electron chi connectivity index (χ3n) is 3.20. The van der Waals surface area contributed by atoms with E-state index in [-0.39, 0.29) is 5.91 Å². The maximum Gasteiger partial charge on any atom is 0.266 e. The van der Waals surface area contributed by atoms with E-state index in [1.807, 2.05) is 16.9 Å². The van der Waals surface area contributed by atoms with Crippen molar-refractivity contribution in [3.05, 3.63) is 47.5 Å². The highest BCUT2D eigenvalue weighted by Gasteiger charge is 2.25. The minimum Gasteiger partial charge on any atom is -0.290 e. The molecule has 1 amide bonds. The second kappa shape index (κ2) is 4.81. The van der Waals surface area contributed by atoms with Crippen molar-refractivity contribution in [2.45, 2.75) is 25.3 Å². The van der Waals surface area contributed by atoms with Crippen molar-refractivity contribution in [2.24, 2.45) is 5.84 Å². The Labute approximate surface area is 110 Å². The molecule has 0 radical (unpaired) electrons. The van der Waals surface area contributed by atoms with Crippen LogP contribution in [0.25, 0.3) is 0 Å². The van der Waals surface area contributed by atoms with E-state index < -0.39 is 0 Å². The maximum atomic E-state index is 11.3. The number of nitrogen functional groups attached to an aromatic ring is 1. The van der Waals surface area contributed by atoms with Crippen molar-refractivity contribution < 1.29 is 4.79 Å². The molecule has 3 rings (SSSR count). The molecule has 1 aliphatic carbocycles. The van der Waals surface area contributed by atoms with E-state index in [0.29, 0.717) is 18.0 Å². The van der Waals surface area contributed by atoms with Crippen LogP contribution >= 0.6 is 0 Å². The predicted molar refractivity (Wildman–Crippen MR) is 69.2 cm³/mol. The quantitative estimate of drug-likeness (QED) is 0.482. The number of carbonyl (C=O) groups excluding carboxylic acids is 1. The number of carbonyl (C=O) groups is 1. The Kier molecular flexibility index (Phi) is 3.00. The van der Waals surface area contributed by atoms with Crippen LogP contribution in [0.2, 0.25) is 0 Å². The van der Waals surface area contributed by atoms with Gasteiger partial charge in [-0.25, -0.2) is 5.84 Å². The summed E-state index contributed by atoms with van der Waals surface area (Å²) in [5, 5.41) is 4.52. The van der Waals surface area contributed by atoms with E-state index in [9.17, 15) is 4.79 Å². The Bertz CT molecular complexity index is 585. The number of rotatable bonds is 4. The number of amides is 1. The molecule has 3 N–H and O–H groups in total. The van der Waals surface area contributed by atoms with Crippen LogP contribution in [-0.2, 0) is 6.54 Å². The summed E-state index contributed by atoms with van der Waals surface area (Å²) in [6.45, 7) is 0.608. The molecule has 6 nitrogen and oxygen atoms in total. The molecule has 1 saturated carbocycles. The Hall–Kier alpha value is -2.21. The summed E-state index contributed by atoms with van der Waals surface area (Å²) in [6.07, 6.45) is 5.98. The first-order valence-electron chi connectivity index (χ1n) is 6.25. The number of hydrogen-bond acceptors (Lipinski definition) is 4. The summed E-state index contributed by atoms with van der Waals surface area (Å²) >= 11 is 0. The topological polar surface area (TPSA) is 85.8 Å². The first kappa shape index (κ1) is 11.9. The highest BCUT2D eigenvalue weighted by Crippen LogP contribution is 2.38. The van der Waals surface area contributed by atoms with Crippen LogP contribution in [0.15, 0.2) is 30.6 Å². The van der Waals surface area contributed by atoms with E-state index in [1.165, 1.54) is 24.7 Å². The lowest BCUT2D eigenvalue weighted by molar-refractivity contribution is 0.0953. The van der Waals surface area contributed by atoms with E-state index in [0.717, 1.165) is 5.69 Å². The van der Waals surface area contributed by atoms with Crippen LogP contribution in [0.3, 0.4) is 0 Å². The van der Waals surface area contributed by atoms with Gasteiger partial charge >= 0.3 is 0 Å². The van der Waals surface area contributed by atoms with Crippen molar-refractivity contribution in [3.63, 3.8) is 0 Å². The molecule has 0 atom stereocenters. The molecular weight excluding hydrogens is 242 g/mol. The van der Waals surface area contributed by atoms with Gasteiger partial charge in [-0.05, 0) is 31.0 Å². The van der Waals surface area contributed by atoms with Crippen LogP contribution in [0.1, 0.15) is 40.5 Å². The Morgan fingerprint density at radius 3 is 2.89 bits per heavy atom. The maximum absolute atomic E-state index is 11.3. The zero-order valence-corrected chi connectivity index (χ0v) is 10.4. The number of aromatic nitrogens is 3. The lowest BCUT2D eigenvalue weighted by Crippen LogP contribution is -2.30. The Balaban J connectivity index is 1.69. The second-order valence-corrected chi connectivity index (χ2v) is 4.72. The second-order valence-electron chi connectivity index (χ2n) is 4.72. The number of nitrogens with one attached hydrogen (secondary N) is 1. The van der Waals surface area contributed by atoms with Gasteiger partial charge in [0.05, 0.1) is 23.5 Å². The first-order valence-corrected chi connectivity index (χ1v) is 6.25. The average Bonchev–Trinajstić information content (AvgIpc) is 3.20. The van der Waals surface area contributed by atoms with Gasteiger partial charge in [0.25, 0.3) is 5.91 Å². The van der Waals surface area contributed by atoms with Gasteiger partial charge < -0.3 is 0 Å². The van der Waals surface area contributed by atoms with Crippen LogP contribution < -0.4 is 11.3 Å². The molecule has 2 heterocycles. The Morgan fingerprint density at radius 1 is 1.42 bits per heavy atom. The van der Waals surface area contributed by atoms with Crippen molar-refractivity contribution in [1.29, 1.82) is 0 Å². The summed E-state index contributed by atoms with van der Waals surface area (Å²) in [5.74, 6) is 5.38. The third kappa shape index (κ3) is 2.63. The zero-order chi connectivity index (χ0) is 13.2. The number of hydrogen-bond donors (Lipinski definition) is 2. The Morgan fingerprint density at radius 2 is 2.26 bits per heavy atom. The van der Waals surface area contributed by atoms with Crippen LogP contribution in [-0.4, -0.2) is 20.7 Å². The van der Waals surface area contributed by atoms with E-state index in [1.54, 1.807) is 6.07 Å². The predicted octanol–water partition coefficient (Wildman–Crippen LogP) is 0.807. The fourth-order valence-electron chi connectivity index (χ4n) is 1.96. The van der Waals surface area contributed by atoms with Crippen LogP contribution in [0.5, 0.6) is 0 Å². The van der Waals surface area contributed by atoms with Crippen LogP contribution in [0, 0.1) is 0 Å². The van der Waals surface area contributed by atoms with Gasteiger partial charge in [-0.2, -0.15) is 5.10 Å². The number of nitrogens with two attached hydrogens (primary N) is 1.